The SMILES string of the molecule is CC1CCN(C(N)=NCc2ccc(C(=O)N3CC(C)OC(C)C3)cc2)CC1.I. The van der Waals surface area contributed by atoms with Crippen LogP contribution in [0.2, 0.25) is 0 Å². The van der Waals surface area contributed by atoms with Gasteiger partial charge in [0.25, 0.3) is 5.91 Å². The molecule has 0 spiro atoms. The lowest BCUT2D eigenvalue weighted by molar-refractivity contribution is -0.0586. The molecule has 28 heavy (non-hydrogen) atoms. The van der Waals surface area contributed by atoms with Gasteiger partial charge in [0, 0.05) is 31.7 Å². The smallest absolute Gasteiger partial charge is 0.254 e. The van der Waals surface area contributed by atoms with Crippen LogP contribution in [0.5, 0.6) is 0 Å². The number of aliphatic imine (C=N–C) groups is 1. The lowest BCUT2D eigenvalue weighted by Crippen LogP contribution is -2.48. The lowest BCUT2D eigenvalue weighted by Gasteiger charge is -2.35. The Kier molecular flexibility index (Phi) is 8.55. The van der Waals surface area contributed by atoms with E-state index in [0.29, 0.717) is 31.2 Å². The Morgan fingerprint density at radius 1 is 1.07 bits per heavy atom. The third-order valence-corrected chi connectivity index (χ3v) is 5.44. The number of morpholine rings is 1. The quantitative estimate of drug-likeness (QED) is 0.394. The van der Waals surface area contributed by atoms with E-state index in [2.05, 4.69) is 16.8 Å². The molecule has 2 atom stereocenters. The van der Waals surface area contributed by atoms with E-state index in [1.807, 2.05) is 43.0 Å². The van der Waals surface area contributed by atoms with Crippen LogP contribution in [0.15, 0.2) is 29.3 Å². The number of hydrogen-bond donors (Lipinski definition) is 1. The second-order valence-electron chi connectivity index (χ2n) is 8.01. The van der Waals surface area contributed by atoms with Crippen LogP contribution in [0, 0.1) is 5.92 Å². The molecule has 2 fully saturated rings. The largest absolute Gasteiger partial charge is 0.372 e. The molecule has 0 saturated carbocycles. The molecule has 0 bridgehead atoms. The Morgan fingerprint density at radius 2 is 1.64 bits per heavy atom. The maximum atomic E-state index is 12.7. The summed E-state index contributed by atoms with van der Waals surface area (Å²) in [5.41, 5.74) is 7.92. The number of hydrogen-bond acceptors (Lipinski definition) is 3. The molecule has 0 aromatic heterocycles. The van der Waals surface area contributed by atoms with Crippen molar-refractivity contribution in [1.82, 2.24) is 9.80 Å². The first-order chi connectivity index (χ1) is 12.9. The zero-order chi connectivity index (χ0) is 19.4. The molecule has 2 unspecified atom stereocenters. The van der Waals surface area contributed by atoms with Crippen molar-refractivity contribution in [3.05, 3.63) is 35.4 Å². The van der Waals surface area contributed by atoms with Gasteiger partial charge in [-0.2, -0.15) is 0 Å². The maximum Gasteiger partial charge on any atom is 0.254 e. The summed E-state index contributed by atoms with van der Waals surface area (Å²) in [5, 5.41) is 0. The second-order valence-corrected chi connectivity index (χ2v) is 8.01. The normalized spacial score (nSPS) is 24.0. The zero-order valence-electron chi connectivity index (χ0n) is 17.1. The molecule has 2 heterocycles. The third kappa shape index (κ3) is 6.07. The number of nitrogens with zero attached hydrogens (tertiary/aromatic N) is 3. The predicted molar refractivity (Wildman–Crippen MR) is 123 cm³/mol. The van der Waals surface area contributed by atoms with Crippen LogP contribution in [0.3, 0.4) is 0 Å². The fourth-order valence-electron chi connectivity index (χ4n) is 3.79. The summed E-state index contributed by atoms with van der Waals surface area (Å²) in [7, 11) is 0. The molecule has 2 aliphatic rings. The van der Waals surface area contributed by atoms with Crippen molar-refractivity contribution in [2.45, 2.75) is 52.4 Å². The first-order valence-electron chi connectivity index (χ1n) is 10.0. The molecule has 1 aromatic carbocycles. The van der Waals surface area contributed by atoms with E-state index >= 15 is 0 Å². The molecule has 1 aromatic rings. The molecule has 2 aliphatic heterocycles. The first kappa shape index (κ1) is 22.9. The number of nitrogens with two attached hydrogens (primary N) is 1. The van der Waals surface area contributed by atoms with Crippen LogP contribution in [0.4, 0.5) is 0 Å². The Morgan fingerprint density at radius 3 is 2.21 bits per heavy atom. The third-order valence-electron chi connectivity index (χ3n) is 5.44. The number of carbonyl (C=O) groups is 1. The van der Waals surface area contributed by atoms with Crippen LogP contribution in [-0.4, -0.2) is 60.1 Å². The van der Waals surface area contributed by atoms with E-state index in [1.165, 1.54) is 12.8 Å². The van der Waals surface area contributed by atoms with Crippen molar-refractivity contribution in [1.29, 1.82) is 0 Å². The molecular formula is C21H33IN4O2. The summed E-state index contributed by atoms with van der Waals surface area (Å²) in [5.74, 6) is 1.46. The fourth-order valence-corrected chi connectivity index (χ4v) is 3.79. The van der Waals surface area contributed by atoms with Gasteiger partial charge in [-0.25, -0.2) is 4.99 Å². The van der Waals surface area contributed by atoms with Gasteiger partial charge >= 0.3 is 0 Å². The van der Waals surface area contributed by atoms with Crippen LogP contribution in [-0.2, 0) is 11.3 Å². The number of halogens is 1. The van der Waals surface area contributed by atoms with Gasteiger partial charge in [-0.05, 0) is 50.3 Å². The summed E-state index contributed by atoms with van der Waals surface area (Å²) >= 11 is 0. The predicted octanol–water partition coefficient (Wildman–Crippen LogP) is 3.10. The van der Waals surface area contributed by atoms with Crippen molar-refractivity contribution in [3.63, 3.8) is 0 Å². The fraction of sp³-hybridized carbons (Fsp3) is 0.619. The van der Waals surface area contributed by atoms with Gasteiger partial charge in [-0.15, -0.1) is 24.0 Å². The van der Waals surface area contributed by atoms with Crippen molar-refractivity contribution >= 4 is 35.8 Å². The number of amides is 1. The van der Waals surface area contributed by atoms with E-state index in [1.54, 1.807) is 0 Å². The van der Waals surface area contributed by atoms with E-state index < -0.39 is 0 Å². The number of ether oxygens (including phenoxy) is 1. The Bertz CT molecular complexity index is 661. The summed E-state index contributed by atoms with van der Waals surface area (Å²) in [4.78, 5) is 21.3. The molecule has 2 saturated heterocycles. The molecule has 6 nitrogen and oxygen atoms in total. The molecule has 156 valence electrons. The van der Waals surface area contributed by atoms with Gasteiger partial charge < -0.3 is 20.3 Å². The van der Waals surface area contributed by atoms with Crippen LogP contribution in [0.25, 0.3) is 0 Å². The molecule has 2 N–H and O–H groups in total. The number of guanidine groups is 1. The monoisotopic (exact) mass is 500 g/mol. The summed E-state index contributed by atoms with van der Waals surface area (Å²) < 4.78 is 5.71. The molecule has 0 radical (unpaired) electrons. The first-order valence-corrected chi connectivity index (χ1v) is 10.0. The maximum absolute atomic E-state index is 12.7. The standard InChI is InChI=1S/C21H32N4O2.HI/c1-15-8-10-24(11-9-15)21(22)23-12-18-4-6-19(7-5-18)20(26)25-13-16(2)27-17(3)14-25;/h4-7,15-17H,8-14H2,1-3H3,(H2,22,23);1H. The van der Waals surface area contributed by atoms with E-state index in [4.69, 9.17) is 10.5 Å². The van der Waals surface area contributed by atoms with Gasteiger partial charge in [0.05, 0.1) is 18.8 Å². The number of rotatable bonds is 3. The van der Waals surface area contributed by atoms with Crippen molar-refractivity contribution in [3.8, 4) is 0 Å². The molecule has 1 amide bonds. The number of piperidine rings is 1. The second kappa shape index (κ2) is 10.4. The Labute approximate surface area is 185 Å². The van der Waals surface area contributed by atoms with Gasteiger partial charge in [-0.1, -0.05) is 19.1 Å². The number of benzene rings is 1. The number of carbonyl (C=O) groups excluding carboxylic acids is 1. The van der Waals surface area contributed by atoms with Gasteiger partial charge in [0.2, 0.25) is 0 Å². The molecule has 7 heteroatoms. The van der Waals surface area contributed by atoms with Gasteiger partial charge in [0.1, 0.15) is 0 Å². The average Bonchev–Trinajstić information content (AvgIpc) is 2.66. The summed E-state index contributed by atoms with van der Waals surface area (Å²) in [6, 6.07) is 7.71. The molecule has 3 rings (SSSR count). The average molecular weight is 500 g/mol. The van der Waals surface area contributed by atoms with E-state index in [9.17, 15) is 4.79 Å². The van der Waals surface area contributed by atoms with Crippen LogP contribution < -0.4 is 5.73 Å². The van der Waals surface area contributed by atoms with Crippen molar-refractivity contribution < 1.29 is 9.53 Å². The minimum atomic E-state index is 0. The van der Waals surface area contributed by atoms with Crippen LogP contribution >= 0.6 is 24.0 Å². The molecular weight excluding hydrogens is 467 g/mol. The topological polar surface area (TPSA) is 71.2 Å². The Balaban J connectivity index is 0.00000280. The summed E-state index contributed by atoms with van der Waals surface area (Å²) in [6.45, 7) is 10.1. The highest BCUT2D eigenvalue weighted by molar-refractivity contribution is 14.0. The van der Waals surface area contributed by atoms with Crippen molar-refractivity contribution in [2.75, 3.05) is 26.2 Å². The van der Waals surface area contributed by atoms with Gasteiger partial charge in [-0.3, -0.25) is 4.79 Å². The highest BCUT2D eigenvalue weighted by Crippen LogP contribution is 2.17. The zero-order valence-corrected chi connectivity index (χ0v) is 19.5. The Hall–Kier alpha value is -1.35. The highest BCUT2D eigenvalue weighted by atomic mass is 127. The minimum absolute atomic E-state index is 0. The van der Waals surface area contributed by atoms with Crippen LogP contribution in [0.1, 0.15) is 49.5 Å². The minimum Gasteiger partial charge on any atom is -0.372 e. The number of likely N-dealkylation sites (tertiary alicyclic amines) is 1. The lowest BCUT2D eigenvalue weighted by atomic mass is 10.00. The van der Waals surface area contributed by atoms with E-state index in [0.717, 1.165) is 24.6 Å². The van der Waals surface area contributed by atoms with Crippen molar-refractivity contribution in [2.24, 2.45) is 16.6 Å². The van der Waals surface area contributed by atoms with Gasteiger partial charge in [0.15, 0.2) is 5.96 Å². The highest BCUT2D eigenvalue weighted by Gasteiger charge is 2.26. The summed E-state index contributed by atoms with van der Waals surface area (Å²) in [6.07, 6.45) is 2.50. The molecule has 0 aliphatic carbocycles. The van der Waals surface area contributed by atoms with E-state index in [-0.39, 0.29) is 42.1 Å².